The molecule has 34 heavy (non-hydrogen) atoms. The maximum atomic E-state index is 13.1. The zero-order valence-corrected chi connectivity index (χ0v) is 19.0. The Balaban J connectivity index is 1.52. The first kappa shape index (κ1) is 21.7. The number of amides is 1. The standard InChI is InChI=1S/C25H21N3O5S/c1-17-13-14-23(33-17)22-16-21(26-28(22)25(29)24-12-7-15-32-24)19-10-5-6-11-20(19)27-34(30,31)18-8-3-2-4-9-18/h2-15,22,27H,16H2,1H3. The first-order valence-corrected chi connectivity index (χ1v) is 12.1. The summed E-state index contributed by atoms with van der Waals surface area (Å²) in [7, 11) is -3.81. The monoisotopic (exact) mass is 475 g/mol. The number of furan rings is 2. The van der Waals surface area contributed by atoms with Crippen molar-refractivity contribution < 1.29 is 22.0 Å². The number of para-hydroxylation sites is 1. The van der Waals surface area contributed by atoms with E-state index in [0.717, 1.165) is 0 Å². The number of anilines is 1. The van der Waals surface area contributed by atoms with Crippen LogP contribution in [0.3, 0.4) is 0 Å². The molecule has 1 N–H and O–H groups in total. The molecule has 1 aliphatic rings. The Morgan fingerprint density at radius 1 is 1.00 bits per heavy atom. The Hall–Kier alpha value is -4.11. The third-order valence-corrected chi connectivity index (χ3v) is 6.86. The maximum absolute atomic E-state index is 13.1. The second-order valence-corrected chi connectivity index (χ2v) is 9.49. The molecule has 2 aromatic carbocycles. The maximum Gasteiger partial charge on any atom is 0.310 e. The topological polar surface area (TPSA) is 105 Å². The first-order chi connectivity index (χ1) is 16.4. The summed E-state index contributed by atoms with van der Waals surface area (Å²) in [5.74, 6) is 1.03. The molecular weight excluding hydrogens is 454 g/mol. The second kappa shape index (κ2) is 8.68. The van der Waals surface area contributed by atoms with Crippen molar-refractivity contribution in [3.05, 3.63) is 108 Å². The van der Waals surface area contributed by atoms with Gasteiger partial charge in [0.1, 0.15) is 17.6 Å². The van der Waals surface area contributed by atoms with Crippen LogP contribution in [0.5, 0.6) is 0 Å². The molecule has 1 aliphatic heterocycles. The molecule has 3 heterocycles. The molecule has 5 rings (SSSR count). The summed E-state index contributed by atoms with van der Waals surface area (Å²) < 4.78 is 39.6. The van der Waals surface area contributed by atoms with Crippen molar-refractivity contribution in [1.82, 2.24) is 5.01 Å². The molecule has 0 saturated heterocycles. The predicted molar refractivity (Wildman–Crippen MR) is 126 cm³/mol. The Morgan fingerprint density at radius 3 is 2.47 bits per heavy atom. The summed E-state index contributed by atoms with van der Waals surface area (Å²) >= 11 is 0. The average molecular weight is 476 g/mol. The van der Waals surface area contributed by atoms with Gasteiger partial charge in [-0.15, -0.1) is 0 Å². The van der Waals surface area contributed by atoms with Crippen LogP contribution < -0.4 is 4.72 Å². The lowest BCUT2D eigenvalue weighted by Crippen LogP contribution is -2.26. The fourth-order valence-electron chi connectivity index (χ4n) is 3.85. The van der Waals surface area contributed by atoms with Gasteiger partial charge in [-0.2, -0.15) is 5.10 Å². The van der Waals surface area contributed by atoms with Gasteiger partial charge in [-0.3, -0.25) is 9.52 Å². The van der Waals surface area contributed by atoms with Gasteiger partial charge in [-0.05, 0) is 49.4 Å². The number of hydrogen-bond donors (Lipinski definition) is 1. The lowest BCUT2D eigenvalue weighted by atomic mass is 10.0. The van der Waals surface area contributed by atoms with Crippen LogP contribution in [-0.2, 0) is 10.0 Å². The van der Waals surface area contributed by atoms with Gasteiger partial charge in [0, 0.05) is 12.0 Å². The quantitative estimate of drug-likeness (QED) is 0.424. The van der Waals surface area contributed by atoms with Gasteiger partial charge in [0.25, 0.3) is 10.0 Å². The lowest BCUT2D eigenvalue weighted by Gasteiger charge is -2.18. The van der Waals surface area contributed by atoms with E-state index in [9.17, 15) is 13.2 Å². The number of nitrogens with one attached hydrogen (secondary N) is 1. The molecule has 0 spiro atoms. The summed E-state index contributed by atoms with van der Waals surface area (Å²) in [6.07, 6.45) is 1.76. The second-order valence-electron chi connectivity index (χ2n) is 7.81. The number of benzene rings is 2. The van der Waals surface area contributed by atoms with Gasteiger partial charge in [0.15, 0.2) is 5.76 Å². The minimum absolute atomic E-state index is 0.149. The highest BCUT2D eigenvalue weighted by Crippen LogP contribution is 2.36. The van der Waals surface area contributed by atoms with E-state index in [0.29, 0.717) is 34.9 Å². The molecule has 0 bridgehead atoms. The Labute approximate surface area is 196 Å². The first-order valence-electron chi connectivity index (χ1n) is 10.6. The number of hydrogen-bond acceptors (Lipinski definition) is 6. The summed E-state index contributed by atoms with van der Waals surface area (Å²) in [4.78, 5) is 13.3. The third-order valence-electron chi connectivity index (χ3n) is 5.48. The number of carbonyl (C=O) groups is 1. The molecule has 0 saturated carbocycles. The van der Waals surface area contributed by atoms with E-state index in [2.05, 4.69) is 9.82 Å². The number of carbonyl (C=O) groups excluding carboxylic acids is 1. The van der Waals surface area contributed by atoms with E-state index in [4.69, 9.17) is 8.83 Å². The van der Waals surface area contributed by atoms with Gasteiger partial charge >= 0.3 is 5.91 Å². The van der Waals surface area contributed by atoms with Crippen LogP contribution in [0.25, 0.3) is 0 Å². The van der Waals surface area contributed by atoms with Gasteiger partial charge in [0.05, 0.1) is 22.6 Å². The fraction of sp³-hybridized carbons (Fsp3) is 0.120. The van der Waals surface area contributed by atoms with E-state index in [1.54, 1.807) is 54.6 Å². The normalized spacial score (nSPS) is 15.9. The molecule has 0 aliphatic carbocycles. The number of nitrogens with zero attached hydrogens (tertiary/aromatic N) is 2. The predicted octanol–water partition coefficient (Wildman–Crippen LogP) is 4.97. The highest BCUT2D eigenvalue weighted by molar-refractivity contribution is 7.92. The summed E-state index contributed by atoms with van der Waals surface area (Å²) in [5.41, 5.74) is 1.49. The van der Waals surface area contributed by atoms with E-state index in [1.165, 1.54) is 23.4 Å². The molecule has 4 aromatic rings. The smallest absolute Gasteiger partial charge is 0.310 e. The SMILES string of the molecule is Cc1ccc(C2CC(c3ccccc3NS(=O)(=O)c3ccccc3)=NN2C(=O)c2ccco2)o1. The fourth-order valence-corrected chi connectivity index (χ4v) is 4.96. The highest BCUT2D eigenvalue weighted by Gasteiger charge is 2.37. The number of aryl methyl sites for hydroxylation is 1. The van der Waals surface area contributed by atoms with Crippen molar-refractivity contribution in [2.45, 2.75) is 24.3 Å². The molecule has 9 heteroatoms. The van der Waals surface area contributed by atoms with Gasteiger partial charge in [0.2, 0.25) is 0 Å². The van der Waals surface area contributed by atoms with Crippen LogP contribution in [0.15, 0.2) is 104 Å². The van der Waals surface area contributed by atoms with Crippen molar-refractivity contribution in [2.24, 2.45) is 5.10 Å². The van der Waals surface area contributed by atoms with E-state index in [1.807, 2.05) is 19.1 Å². The zero-order chi connectivity index (χ0) is 23.7. The van der Waals surface area contributed by atoms with Gasteiger partial charge in [-0.25, -0.2) is 13.4 Å². The average Bonchev–Trinajstić information content (AvgIpc) is 3.60. The summed E-state index contributed by atoms with van der Waals surface area (Å²) in [6.45, 7) is 1.83. The number of sulfonamides is 1. The molecule has 172 valence electrons. The van der Waals surface area contributed by atoms with Gasteiger partial charge < -0.3 is 8.83 Å². The Bertz CT molecular complexity index is 1460. The molecule has 1 amide bonds. The van der Waals surface area contributed by atoms with Crippen LogP contribution in [0.4, 0.5) is 5.69 Å². The Kier molecular flexibility index (Phi) is 5.54. The molecular formula is C25H21N3O5S. The van der Waals surface area contributed by atoms with Crippen LogP contribution >= 0.6 is 0 Å². The summed E-state index contributed by atoms with van der Waals surface area (Å²) in [6, 6.07) is 21.4. The summed E-state index contributed by atoms with van der Waals surface area (Å²) in [5, 5.41) is 5.92. The largest absolute Gasteiger partial charge is 0.464 e. The van der Waals surface area contributed by atoms with Gasteiger partial charge in [-0.1, -0.05) is 36.4 Å². The van der Waals surface area contributed by atoms with E-state index >= 15 is 0 Å². The zero-order valence-electron chi connectivity index (χ0n) is 18.2. The Morgan fingerprint density at radius 2 is 1.76 bits per heavy atom. The van der Waals surface area contributed by atoms with Crippen molar-refractivity contribution in [2.75, 3.05) is 4.72 Å². The highest BCUT2D eigenvalue weighted by atomic mass is 32.2. The minimum atomic E-state index is -3.81. The third kappa shape index (κ3) is 4.13. The minimum Gasteiger partial charge on any atom is -0.464 e. The van der Waals surface area contributed by atoms with Crippen molar-refractivity contribution in [3.63, 3.8) is 0 Å². The van der Waals surface area contributed by atoms with Crippen molar-refractivity contribution >= 4 is 27.3 Å². The van der Waals surface area contributed by atoms with E-state index < -0.39 is 22.0 Å². The molecule has 1 unspecified atom stereocenters. The van der Waals surface area contributed by atoms with Crippen LogP contribution in [0.2, 0.25) is 0 Å². The van der Waals surface area contributed by atoms with Crippen molar-refractivity contribution in [1.29, 1.82) is 0 Å². The lowest BCUT2D eigenvalue weighted by molar-refractivity contribution is 0.0659. The van der Waals surface area contributed by atoms with Crippen LogP contribution in [0.1, 0.15) is 40.1 Å². The molecule has 8 nitrogen and oxygen atoms in total. The van der Waals surface area contributed by atoms with E-state index in [-0.39, 0.29) is 10.7 Å². The molecule has 1 atom stereocenters. The molecule has 0 radical (unpaired) electrons. The van der Waals surface area contributed by atoms with Crippen molar-refractivity contribution in [3.8, 4) is 0 Å². The van der Waals surface area contributed by atoms with Crippen LogP contribution in [-0.4, -0.2) is 25.0 Å². The number of rotatable bonds is 6. The van der Waals surface area contributed by atoms with Crippen LogP contribution in [0, 0.1) is 6.92 Å². The molecule has 0 fully saturated rings. The number of hydrazone groups is 1. The molecule has 2 aromatic heterocycles.